The number of hydrogen-bond donors (Lipinski definition) is 0. The third-order valence-electron chi connectivity index (χ3n) is 4.64. The van der Waals surface area contributed by atoms with Crippen LogP contribution in [0.25, 0.3) is 11.0 Å². The van der Waals surface area contributed by atoms with Gasteiger partial charge in [0.25, 0.3) is 0 Å². The smallest absolute Gasteiger partial charge is 0.223 e. The van der Waals surface area contributed by atoms with E-state index in [9.17, 15) is 4.79 Å². The van der Waals surface area contributed by atoms with Crippen LogP contribution in [0.1, 0.15) is 44.3 Å². The van der Waals surface area contributed by atoms with Gasteiger partial charge in [0, 0.05) is 31.5 Å². The summed E-state index contributed by atoms with van der Waals surface area (Å²) in [6, 6.07) is 8.82. The Hall–Kier alpha value is -1.84. The van der Waals surface area contributed by atoms with Gasteiger partial charge in [-0.1, -0.05) is 19.1 Å². The molecule has 4 heteroatoms. The van der Waals surface area contributed by atoms with E-state index in [-0.39, 0.29) is 5.92 Å². The number of hydrogen-bond acceptors (Lipinski definition) is 2. The molecule has 0 spiro atoms. The minimum atomic E-state index is 0.261. The van der Waals surface area contributed by atoms with Crippen molar-refractivity contribution >= 4 is 16.9 Å². The van der Waals surface area contributed by atoms with Gasteiger partial charge in [-0.05, 0) is 31.4 Å². The summed E-state index contributed by atoms with van der Waals surface area (Å²) >= 11 is 0. The average Bonchev–Trinajstić information content (AvgIpc) is 3.17. The predicted molar refractivity (Wildman–Crippen MR) is 82.1 cm³/mol. The molecule has 2 fully saturated rings. The van der Waals surface area contributed by atoms with E-state index in [0.717, 1.165) is 30.9 Å². The lowest BCUT2D eigenvalue weighted by molar-refractivity contribution is -0.128. The van der Waals surface area contributed by atoms with Gasteiger partial charge in [0.2, 0.25) is 5.91 Å². The Balaban J connectivity index is 1.72. The van der Waals surface area contributed by atoms with Gasteiger partial charge in [-0.25, -0.2) is 4.98 Å². The highest BCUT2D eigenvalue weighted by Crippen LogP contribution is 2.37. The van der Waals surface area contributed by atoms with Crippen LogP contribution in [0.2, 0.25) is 0 Å². The fourth-order valence-corrected chi connectivity index (χ4v) is 3.51. The number of rotatable bonds is 4. The van der Waals surface area contributed by atoms with E-state index in [0.29, 0.717) is 18.4 Å². The number of aromatic nitrogens is 2. The van der Waals surface area contributed by atoms with Crippen molar-refractivity contribution in [2.24, 2.45) is 0 Å². The first-order valence-electron chi connectivity index (χ1n) is 8.02. The molecule has 1 unspecified atom stereocenters. The number of carbonyl (C=O) groups excluding carboxylic acids is 1. The van der Waals surface area contributed by atoms with E-state index >= 15 is 0 Å². The maximum absolute atomic E-state index is 12.2. The fourth-order valence-electron chi connectivity index (χ4n) is 3.51. The van der Waals surface area contributed by atoms with Crippen molar-refractivity contribution in [2.75, 3.05) is 6.54 Å². The summed E-state index contributed by atoms with van der Waals surface area (Å²) in [6.07, 6.45) is 4.08. The maximum atomic E-state index is 12.2. The van der Waals surface area contributed by atoms with Gasteiger partial charge < -0.3 is 9.47 Å². The van der Waals surface area contributed by atoms with Crippen LogP contribution in [-0.4, -0.2) is 32.9 Å². The molecule has 1 aliphatic carbocycles. The van der Waals surface area contributed by atoms with E-state index in [1.165, 1.54) is 18.4 Å². The van der Waals surface area contributed by atoms with Crippen LogP contribution in [0, 0.1) is 0 Å². The van der Waals surface area contributed by atoms with E-state index in [2.05, 4.69) is 34.6 Å². The molecule has 0 bridgehead atoms. The summed E-state index contributed by atoms with van der Waals surface area (Å²) in [4.78, 5) is 19.1. The van der Waals surface area contributed by atoms with Gasteiger partial charge in [0.1, 0.15) is 5.82 Å². The molecule has 1 saturated heterocycles. The van der Waals surface area contributed by atoms with Gasteiger partial charge in [-0.2, -0.15) is 0 Å². The molecule has 1 amide bonds. The number of amides is 1. The summed E-state index contributed by atoms with van der Waals surface area (Å²) in [5.74, 6) is 1.68. The van der Waals surface area contributed by atoms with Crippen LogP contribution in [0.4, 0.5) is 0 Å². The van der Waals surface area contributed by atoms with Crippen LogP contribution < -0.4 is 0 Å². The molecule has 1 aromatic carbocycles. The SMILES string of the molecule is CCCn1c(C2CC(=O)N(C3CC3)C2)nc2ccccc21. The topological polar surface area (TPSA) is 38.1 Å². The Morgan fingerprint density at radius 2 is 2.10 bits per heavy atom. The zero-order valence-corrected chi connectivity index (χ0v) is 12.5. The molecule has 2 aliphatic rings. The van der Waals surface area contributed by atoms with Crippen molar-refractivity contribution in [1.29, 1.82) is 0 Å². The predicted octanol–water partition coefficient (Wildman–Crippen LogP) is 2.92. The second kappa shape index (κ2) is 4.86. The number of nitrogens with zero attached hydrogens (tertiary/aromatic N) is 3. The van der Waals surface area contributed by atoms with Crippen LogP contribution in [-0.2, 0) is 11.3 Å². The first-order chi connectivity index (χ1) is 10.3. The molecule has 2 heterocycles. The molecule has 4 nitrogen and oxygen atoms in total. The molecule has 4 rings (SSSR count). The first kappa shape index (κ1) is 12.9. The zero-order chi connectivity index (χ0) is 14.4. The van der Waals surface area contributed by atoms with Crippen molar-refractivity contribution in [3.05, 3.63) is 30.1 Å². The Morgan fingerprint density at radius 3 is 2.86 bits per heavy atom. The molecule has 1 aromatic heterocycles. The molecule has 0 radical (unpaired) electrons. The first-order valence-corrected chi connectivity index (χ1v) is 8.02. The van der Waals surface area contributed by atoms with Crippen LogP contribution in [0.5, 0.6) is 0 Å². The molecule has 0 N–H and O–H groups in total. The van der Waals surface area contributed by atoms with E-state index in [1.54, 1.807) is 0 Å². The maximum Gasteiger partial charge on any atom is 0.223 e. The molecular formula is C17H21N3O. The second-order valence-corrected chi connectivity index (χ2v) is 6.29. The quantitative estimate of drug-likeness (QED) is 0.865. The number of benzene rings is 1. The standard InChI is InChI=1S/C17H21N3O/c1-2-9-19-15-6-4-3-5-14(15)18-17(19)12-10-16(21)20(11-12)13-7-8-13/h3-6,12-13H,2,7-11H2,1H3. The summed E-state index contributed by atoms with van der Waals surface area (Å²) in [5, 5.41) is 0. The van der Waals surface area contributed by atoms with Crippen molar-refractivity contribution in [3.63, 3.8) is 0 Å². The number of fused-ring (bicyclic) bond motifs is 1. The highest BCUT2D eigenvalue weighted by molar-refractivity contribution is 5.81. The molecular weight excluding hydrogens is 262 g/mol. The number of imidazole rings is 1. The minimum Gasteiger partial charge on any atom is -0.339 e. The third-order valence-corrected chi connectivity index (χ3v) is 4.64. The summed E-state index contributed by atoms with van der Waals surface area (Å²) in [6.45, 7) is 4.02. The number of likely N-dealkylation sites (tertiary alicyclic amines) is 1. The van der Waals surface area contributed by atoms with Crippen LogP contribution in [0.3, 0.4) is 0 Å². The lowest BCUT2D eigenvalue weighted by Gasteiger charge is -2.16. The number of carbonyl (C=O) groups is 1. The Morgan fingerprint density at radius 1 is 1.29 bits per heavy atom. The molecule has 1 atom stereocenters. The fraction of sp³-hybridized carbons (Fsp3) is 0.529. The van der Waals surface area contributed by atoms with E-state index in [4.69, 9.17) is 4.98 Å². The Bertz CT molecular complexity index is 686. The van der Waals surface area contributed by atoms with Crippen LogP contribution in [0.15, 0.2) is 24.3 Å². The monoisotopic (exact) mass is 283 g/mol. The highest BCUT2D eigenvalue weighted by Gasteiger charge is 2.41. The van der Waals surface area contributed by atoms with Gasteiger partial charge in [0.05, 0.1) is 11.0 Å². The van der Waals surface area contributed by atoms with Crippen molar-refractivity contribution < 1.29 is 4.79 Å². The lowest BCUT2D eigenvalue weighted by Crippen LogP contribution is -2.27. The largest absolute Gasteiger partial charge is 0.339 e. The zero-order valence-electron chi connectivity index (χ0n) is 12.5. The molecule has 2 aromatic rings. The average molecular weight is 283 g/mol. The third kappa shape index (κ3) is 2.13. The minimum absolute atomic E-state index is 0.261. The van der Waals surface area contributed by atoms with Gasteiger partial charge in [0.15, 0.2) is 0 Å². The molecule has 110 valence electrons. The summed E-state index contributed by atoms with van der Waals surface area (Å²) < 4.78 is 2.32. The Labute approximate surface area is 124 Å². The van der Waals surface area contributed by atoms with Gasteiger partial charge >= 0.3 is 0 Å². The second-order valence-electron chi connectivity index (χ2n) is 6.29. The molecule has 1 aliphatic heterocycles. The van der Waals surface area contributed by atoms with Crippen molar-refractivity contribution in [1.82, 2.24) is 14.5 Å². The van der Waals surface area contributed by atoms with E-state index < -0.39 is 0 Å². The molecule has 1 saturated carbocycles. The van der Waals surface area contributed by atoms with Gasteiger partial charge in [-0.3, -0.25) is 4.79 Å². The van der Waals surface area contributed by atoms with Crippen molar-refractivity contribution in [3.8, 4) is 0 Å². The number of aryl methyl sites for hydroxylation is 1. The summed E-state index contributed by atoms with van der Waals surface area (Å²) in [5.41, 5.74) is 2.25. The summed E-state index contributed by atoms with van der Waals surface area (Å²) in [7, 11) is 0. The van der Waals surface area contributed by atoms with Crippen LogP contribution >= 0.6 is 0 Å². The molecule has 21 heavy (non-hydrogen) atoms. The number of para-hydroxylation sites is 2. The van der Waals surface area contributed by atoms with E-state index in [1.807, 2.05) is 6.07 Å². The highest BCUT2D eigenvalue weighted by atomic mass is 16.2. The Kier molecular flexibility index (Phi) is 2.98. The normalized spacial score (nSPS) is 22.4. The van der Waals surface area contributed by atoms with Gasteiger partial charge in [-0.15, -0.1) is 0 Å². The van der Waals surface area contributed by atoms with Crippen molar-refractivity contribution in [2.45, 2.75) is 51.1 Å². The lowest BCUT2D eigenvalue weighted by atomic mass is 10.1.